The quantitative estimate of drug-likeness (QED) is 0.903. The van der Waals surface area contributed by atoms with E-state index in [0.717, 1.165) is 25.2 Å². The molecule has 3 rings (SSSR count). The first-order valence-electron chi connectivity index (χ1n) is 8.16. The fraction of sp³-hybridized carbons (Fsp3) is 0.500. The minimum Gasteiger partial charge on any atom is -0.393 e. The molecule has 1 atom stereocenters. The predicted octanol–water partition coefficient (Wildman–Crippen LogP) is 1.81. The molecule has 0 aliphatic carbocycles. The average Bonchev–Trinajstić information content (AvgIpc) is 3.04. The summed E-state index contributed by atoms with van der Waals surface area (Å²) in [6.07, 6.45) is 5.31. The highest BCUT2D eigenvalue weighted by Crippen LogP contribution is 2.26. The number of piperidine rings is 1. The highest BCUT2D eigenvalue weighted by atomic mass is 16.3. The normalized spacial score (nSPS) is 22.4. The van der Waals surface area contributed by atoms with Crippen LogP contribution < -0.4 is 0 Å². The zero-order valence-electron chi connectivity index (χ0n) is 13.9. The Morgan fingerprint density at radius 2 is 2.13 bits per heavy atom. The van der Waals surface area contributed by atoms with E-state index in [2.05, 4.69) is 36.0 Å². The second-order valence-electron chi connectivity index (χ2n) is 6.73. The van der Waals surface area contributed by atoms with Crippen LogP contribution in [-0.2, 0) is 6.54 Å². The molecule has 2 N–H and O–H groups in total. The number of hydrogen-bond acceptors (Lipinski definition) is 4. The summed E-state index contributed by atoms with van der Waals surface area (Å²) in [6, 6.07) is 6.26. The van der Waals surface area contributed by atoms with Gasteiger partial charge in [0.2, 0.25) is 0 Å². The van der Waals surface area contributed by atoms with Gasteiger partial charge in [-0.2, -0.15) is 5.10 Å². The third-order valence-electron chi connectivity index (χ3n) is 4.66. The Morgan fingerprint density at radius 1 is 1.30 bits per heavy atom. The lowest BCUT2D eigenvalue weighted by molar-refractivity contribution is -0.0687. The number of aliphatic hydroxyl groups excluding tert-OH is 1. The van der Waals surface area contributed by atoms with Crippen molar-refractivity contribution in [2.45, 2.75) is 38.8 Å². The van der Waals surface area contributed by atoms with Gasteiger partial charge in [-0.3, -0.25) is 4.90 Å². The van der Waals surface area contributed by atoms with Crippen LogP contribution in [-0.4, -0.2) is 50.2 Å². The fourth-order valence-corrected chi connectivity index (χ4v) is 3.49. The molecule has 0 bridgehead atoms. The van der Waals surface area contributed by atoms with Crippen molar-refractivity contribution in [3.05, 3.63) is 47.3 Å². The van der Waals surface area contributed by atoms with E-state index in [1.165, 1.54) is 16.7 Å². The van der Waals surface area contributed by atoms with Gasteiger partial charge in [-0.25, -0.2) is 4.68 Å². The summed E-state index contributed by atoms with van der Waals surface area (Å²) >= 11 is 0. The number of rotatable bonds is 4. The van der Waals surface area contributed by atoms with Crippen molar-refractivity contribution in [2.24, 2.45) is 0 Å². The van der Waals surface area contributed by atoms with E-state index >= 15 is 0 Å². The predicted molar refractivity (Wildman–Crippen MR) is 89.6 cm³/mol. The maximum atomic E-state index is 10.4. The summed E-state index contributed by atoms with van der Waals surface area (Å²) in [7, 11) is 0. The largest absolute Gasteiger partial charge is 0.393 e. The van der Waals surface area contributed by atoms with E-state index in [-0.39, 0.29) is 6.61 Å². The van der Waals surface area contributed by atoms with Crippen molar-refractivity contribution < 1.29 is 10.2 Å². The molecule has 0 amide bonds. The van der Waals surface area contributed by atoms with Gasteiger partial charge < -0.3 is 10.2 Å². The van der Waals surface area contributed by atoms with Gasteiger partial charge in [0.25, 0.3) is 0 Å². The molecule has 0 unspecified atom stereocenters. The van der Waals surface area contributed by atoms with E-state index < -0.39 is 5.60 Å². The van der Waals surface area contributed by atoms with Crippen molar-refractivity contribution in [1.29, 1.82) is 0 Å². The molecule has 1 fully saturated rings. The summed E-state index contributed by atoms with van der Waals surface area (Å²) in [5, 5.41) is 24.2. The van der Waals surface area contributed by atoms with Gasteiger partial charge in [0, 0.05) is 25.5 Å². The Bertz CT molecular complexity index is 669. The van der Waals surface area contributed by atoms with Crippen LogP contribution in [0.2, 0.25) is 0 Å². The van der Waals surface area contributed by atoms with Gasteiger partial charge in [0.15, 0.2) is 0 Å². The molecule has 0 saturated carbocycles. The lowest BCUT2D eigenvalue weighted by Gasteiger charge is -2.38. The smallest absolute Gasteiger partial charge is 0.100 e. The van der Waals surface area contributed by atoms with Crippen LogP contribution in [0.15, 0.2) is 30.6 Å². The molecular weight excluding hydrogens is 290 g/mol. The van der Waals surface area contributed by atoms with Crippen molar-refractivity contribution in [1.82, 2.24) is 14.7 Å². The van der Waals surface area contributed by atoms with E-state index in [4.69, 9.17) is 0 Å². The van der Waals surface area contributed by atoms with Gasteiger partial charge in [0.05, 0.1) is 12.3 Å². The molecule has 2 aromatic rings. The van der Waals surface area contributed by atoms with Crippen LogP contribution in [0.25, 0.3) is 5.69 Å². The molecule has 2 heterocycles. The maximum absolute atomic E-state index is 10.4. The van der Waals surface area contributed by atoms with Gasteiger partial charge >= 0.3 is 0 Å². The molecule has 1 aromatic heterocycles. The lowest BCUT2D eigenvalue weighted by Crippen LogP contribution is -2.50. The Hall–Kier alpha value is -1.69. The molecule has 1 aromatic carbocycles. The Balaban J connectivity index is 1.91. The van der Waals surface area contributed by atoms with E-state index in [9.17, 15) is 10.2 Å². The van der Waals surface area contributed by atoms with Crippen LogP contribution in [0.4, 0.5) is 0 Å². The minimum absolute atomic E-state index is 0.178. The zero-order valence-corrected chi connectivity index (χ0v) is 13.9. The van der Waals surface area contributed by atoms with Crippen molar-refractivity contribution >= 4 is 0 Å². The molecule has 1 aliphatic rings. The van der Waals surface area contributed by atoms with Crippen molar-refractivity contribution in [3.8, 4) is 5.69 Å². The second-order valence-corrected chi connectivity index (χ2v) is 6.73. The minimum atomic E-state index is -0.970. The fourth-order valence-electron chi connectivity index (χ4n) is 3.49. The molecule has 124 valence electrons. The topological polar surface area (TPSA) is 61.5 Å². The number of nitrogens with zero attached hydrogens (tertiary/aromatic N) is 3. The molecule has 0 spiro atoms. The number of aliphatic hydroxyl groups is 2. The molecule has 1 saturated heterocycles. The third-order valence-corrected chi connectivity index (χ3v) is 4.66. The van der Waals surface area contributed by atoms with Crippen LogP contribution in [0.3, 0.4) is 0 Å². The molecule has 0 radical (unpaired) electrons. The Morgan fingerprint density at radius 3 is 2.83 bits per heavy atom. The molecule has 23 heavy (non-hydrogen) atoms. The molecule has 1 aliphatic heterocycles. The number of likely N-dealkylation sites (tertiary alicyclic amines) is 1. The number of benzene rings is 1. The van der Waals surface area contributed by atoms with Gasteiger partial charge in [-0.05, 0) is 62.1 Å². The first kappa shape index (κ1) is 16.2. The Labute approximate surface area is 137 Å². The lowest BCUT2D eigenvalue weighted by atomic mass is 9.93. The number of hydrogen-bond donors (Lipinski definition) is 2. The first-order chi connectivity index (χ1) is 11.0. The summed E-state index contributed by atoms with van der Waals surface area (Å²) in [4.78, 5) is 2.23. The van der Waals surface area contributed by atoms with Gasteiger partial charge in [-0.15, -0.1) is 0 Å². The molecule has 5 heteroatoms. The maximum Gasteiger partial charge on any atom is 0.100 e. The van der Waals surface area contributed by atoms with Crippen molar-refractivity contribution in [3.63, 3.8) is 0 Å². The van der Waals surface area contributed by atoms with Crippen LogP contribution >= 0.6 is 0 Å². The number of aromatic nitrogens is 2. The summed E-state index contributed by atoms with van der Waals surface area (Å²) < 4.78 is 1.90. The summed E-state index contributed by atoms with van der Waals surface area (Å²) in [6.45, 7) is 6.24. The Kier molecular flexibility index (Phi) is 4.53. The molecular formula is C18H25N3O2. The van der Waals surface area contributed by atoms with E-state index in [0.29, 0.717) is 13.0 Å². The van der Waals surface area contributed by atoms with Crippen LogP contribution in [0.1, 0.15) is 29.5 Å². The first-order valence-corrected chi connectivity index (χ1v) is 8.16. The highest BCUT2D eigenvalue weighted by Gasteiger charge is 2.32. The van der Waals surface area contributed by atoms with E-state index in [1.54, 1.807) is 6.20 Å². The van der Waals surface area contributed by atoms with Gasteiger partial charge in [0.1, 0.15) is 5.60 Å². The second kappa shape index (κ2) is 6.43. The highest BCUT2D eigenvalue weighted by molar-refractivity contribution is 5.48. The third kappa shape index (κ3) is 3.47. The van der Waals surface area contributed by atoms with Crippen LogP contribution in [0, 0.1) is 13.8 Å². The number of β-amino-alcohol motifs (C(OH)–C–C–N with tert-alkyl or cyclic N) is 1. The average molecular weight is 315 g/mol. The van der Waals surface area contributed by atoms with Crippen molar-refractivity contribution in [2.75, 3.05) is 19.7 Å². The van der Waals surface area contributed by atoms with Gasteiger partial charge in [-0.1, -0.05) is 6.07 Å². The standard InChI is InChI=1S/C18H25N3O2/c1-14-9-15(2)16(17(10-14)21-8-4-6-19-21)11-20-7-3-5-18(23,12-20)13-22/h4,6,8-10,22-23H,3,5,7,11-13H2,1-2H3/t18-/m0/s1. The monoisotopic (exact) mass is 315 g/mol. The summed E-state index contributed by atoms with van der Waals surface area (Å²) in [5.74, 6) is 0. The SMILES string of the molecule is Cc1cc(C)c(CN2CCC[C@@](O)(CO)C2)c(-n2cccn2)c1. The van der Waals surface area contributed by atoms with E-state index in [1.807, 2.05) is 16.9 Å². The number of aryl methyl sites for hydroxylation is 2. The van der Waals surface area contributed by atoms with Crippen LogP contribution in [0.5, 0.6) is 0 Å². The molecule has 5 nitrogen and oxygen atoms in total. The zero-order chi connectivity index (χ0) is 16.4. The summed E-state index contributed by atoms with van der Waals surface area (Å²) in [5.41, 5.74) is 3.78.